The Kier molecular flexibility index (Phi) is 4.95. The van der Waals surface area contributed by atoms with Gasteiger partial charge in [-0.1, -0.05) is 12.1 Å². The van der Waals surface area contributed by atoms with Gasteiger partial charge in [-0.15, -0.1) is 0 Å². The number of nitrogens with two attached hydrogens (primary N) is 1. The fraction of sp³-hybridized carbons (Fsp3) is 0.417. The van der Waals surface area contributed by atoms with Gasteiger partial charge >= 0.3 is 0 Å². The molecule has 1 unspecified atom stereocenters. The molecule has 0 aliphatic carbocycles. The predicted octanol–water partition coefficient (Wildman–Crippen LogP) is 0.441. The van der Waals surface area contributed by atoms with Gasteiger partial charge in [0.25, 0.3) is 0 Å². The van der Waals surface area contributed by atoms with E-state index in [0.29, 0.717) is 13.1 Å². The van der Waals surface area contributed by atoms with Crippen molar-refractivity contribution in [1.82, 2.24) is 5.32 Å². The molecule has 1 aromatic carbocycles. The minimum absolute atomic E-state index is 0.0242. The van der Waals surface area contributed by atoms with Crippen LogP contribution in [0, 0.1) is 0 Å². The highest BCUT2D eigenvalue weighted by molar-refractivity contribution is 5.77. The van der Waals surface area contributed by atoms with Gasteiger partial charge in [0.1, 0.15) is 11.5 Å². The van der Waals surface area contributed by atoms with Crippen LogP contribution in [-0.4, -0.2) is 30.0 Å². The molecule has 0 fully saturated rings. The van der Waals surface area contributed by atoms with Crippen molar-refractivity contribution in [2.45, 2.75) is 19.4 Å². The summed E-state index contributed by atoms with van der Waals surface area (Å²) in [6.45, 7) is 2.52. The van der Waals surface area contributed by atoms with Gasteiger partial charge in [0.2, 0.25) is 0 Å². The molecular formula is C12H18N2O2. The van der Waals surface area contributed by atoms with E-state index < -0.39 is 0 Å². The molecule has 0 saturated carbocycles. The second kappa shape index (κ2) is 6.25. The number of nitrogens with one attached hydrogen (secondary N) is 1. The Bertz CT molecular complexity index is 335. The number of benzene rings is 1. The van der Waals surface area contributed by atoms with Gasteiger partial charge < -0.3 is 16.2 Å². The van der Waals surface area contributed by atoms with Crippen LogP contribution in [-0.2, 0) is 11.2 Å². The molecular weight excluding hydrogens is 204 g/mol. The second-order valence-electron chi connectivity index (χ2n) is 3.96. The van der Waals surface area contributed by atoms with Crippen LogP contribution < -0.4 is 11.1 Å². The van der Waals surface area contributed by atoms with Crippen molar-refractivity contribution in [2.24, 2.45) is 5.73 Å². The summed E-state index contributed by atoms with van der Waals surface area (Å²) in [7, 11) is 0. The maximum Gasteiger partial charge on any atom is 0.143 e. The first-order valence-corrected chi connectivity index (χ1v) is 5.31. The topological polar surface area (TPSA) is 75.4 Å². The summed E-state index contributed by atoms with van der Waals surface area (Å²) in [6, 6.07) is 6.96. The molecule has 4 N–H and O–H groups in total. The number of phenols is 1. The summed E-state index contributed by atoms with van der Waals surface area (Å²) < 4.78 is 0. The maximum atomic E-state index is 10.7. The molecule has 0 amide bonds. The molecule has 0 saturated heterocycles. The van der Waals surface area contributed by atoms with Gasteiger partial charge in [0.15, 0.2) is 0 Å². The largest absolute Gasteiger partial charge is 0.508 e. The monoisotopic (exact) mass is 222 g/mol. The van der Waals surface area contributed by atoms with Crippen molar-refractivity contribution in [3.63, 3.8) is 0 Å². The normalized spacial score (nSPS) is 12.4. The van der Waals surface area contributed by atoms with Crippen molar-refractivity contribution in [1.29, 1.82) is 0 Å². The summed E-state index contributed by atoms with van der Waals surface area (Å²) in [5.74, 6) is 0.365. The van der Waals surface area contributed by atoms with E-state index in [2.05, 4.69) is 5.32 Å². The van der Waals surface area contributed by atoms with Crippen LogP contribution in [0.15, 0.2) is 24.3 Å². The van der Waals surface area contributed by atoms with Crippen LogP contribution in [0.4, 0.5) is 0 Å². The van der Waals surface area contributed by atoms with Crippen LogP contribution in [0.1, 0.15) is 12.5 Å². The number of ketones is 1. The lowest BCUT2D eigenvalue weighted by Crippen LogP contribution is -2.37. The maximum absolute atomic E-state index is 10.7. The lowest BCUT2D eigenvalue weighted by molar-refractivity contribution is -0.116. The number of rotatable bonds is 6. The molecule has 4 heteroatoms. The number of phenolic OH excluding ortho intramolecular Hbond substituents is 1. The van der Waals surface area contributed by atoms with E-state index in [4.69, 9.17) is 10.8 Å². The minimum atomic E-state index is -0.0242. The molecule has 0 bridgehead atoms. The zero-order valence-corrected chi connectivity index (χ0v) is 9.44. The first kappa shape index (κ1) is 12.7. The molecule has 0 aliphatic heterocycles. The van der Waals surface area contributed by atoms with E-state index in [1.165, 1.54) is 0 Å². The first-order valence-electron chi connectivity index (χ1n) is 5.31. The van der Waals surface area contributed by atoms with Gasteiger partial charge in [-0.2, -0.15) is 0 Å². The number of hydrogen-bond donors (Lipinski definition) is 3. The standard InChI is InChI=1S/C12H18N2O2/c1-9(15)7-14-8-11(13)6-10-2-4-12(16)5-3-10/h2-5,11,14,16H,6-8,13H2,1H3. The van der Waals surface area contributed by atoms with E-state index in [-0.39, 0.29) is 17.6 Å². The van der Waals surface area contributed by atoms with Crippen molar-refractivity contribution in [3.05, 3.63) is 29.8 Å². The smallest absolute Gasteiger partial charge is 0.143 e. The van der Waals surface area contributed by atoms with Gasteiger partial charge in [0, 0.05) is 12.6 Å². The Hall–Kier alpha value is -1.39. The van der Waals surface area contributed by atoms with E-state index in [0.717, 1.165) is 12.0 Å². The summed E-state index contributed by atoms with van der Waals surface area (Å²) in [4.78, 5) is 10.7. The SMILES string of the molecule is CC(=O)CNCC(N)Cc1ccc(O)cc1. The predicted molar refractivity (Wildman–Crippen MR) is 63.3 cm³/mol. The highest BCUT2D eigenvalue weighted by Gasteiger charge is 2.04. The molecule has 16 heavy (non-hydrogen) atoms. The third kappa shape index (κ3) is 4.91. The summed E-state index contributed by atoms with van der Waals surface area (Å²) in [6.07, 6.45) is 0.727. The van der Waals surface area contributed by atoms with Gasteiger partial charge in [-0.25, -0.2) is 0 Å². The Morgan fingerprint density at radius 3 is 2.62 bits per heavy atom. The molecule has 4 nitrogen and oxygen atoms in total. The van der Waals surface area contributed by atoms with Crippen molar-refractivity contribution >= 4 is 5.78 Å². The van der Waals surface area contributed by atoms with Crippen LogP contribution in [0.25, 0.3) is 0 Å². The van der Waals surface area contributed by atoms with Crippen molar-refractivity contribution in [2.75, 3.05) is 13.1 Å². The third-order valence-electron chi connectivity index (χ3n) is 2.21. The van der Waals surface area contributed by atoms with Gasteiger partial charge in [0.05, 0.1) is 6.54 Å². The Balaban J connectivity index is 2.31. The Labute approximate surface area is 95.5 Å². The van der Waals surface area contributed by atoms with E-state index in [1.54, 1.807) is 19.1 Å². The molecule has 1 atom stereocenters. The average Bonchev–Trinajstić information content (AvgIpc) is 2.21. The first-order chi connectivity index (χ1) is 7.58. The number of aromatic hydroxyl groups is 1. The van der Waals surface area contributed by atoms with Crippen LogP contribution in [0.5, 0.6) is 5.75 Å². The zero-order chi connectivity index (χ0) is 12.0. The number of Topliss-reactive ketones (excluding diaryl/α,β-unsaturated/α-hetero) is 1. The lowest BCUT2D eigenvalue weighted by Gasteiger charge is -2.12. The minimum Gasteiger partial charge on any atom is -0.508 e. The molecule has 88 valence electrons. The highest BCUT2D eigenvalue weighted by atomic mass is 16.3. The van der Waals surface area contributed by atoms with Crippen molar-refractivity contribution < 1.29 is 9.90 Å². The zero-order valence-electron chi connectivity index (χ0n) is 9.44. The summed E-state index contributed by atoms with van der Waals surface area (Å²) in [5.41, 5.74) is 6.97. The average molecular weight is 222 g/mol. The summed E-state index contributed by atoms with van der Waals surface area (Å²) >= 11 is 0. The molecule has 1 rings (SSSR count). The van der Waals surface area contributed by atoms with Crippen LogP contribution in [0.2, 0.25) is 0 Å². The second-order valence-corrected chi connectivity index (χ2v) is 3.96. The molecule has 0 spiro atoms. The number of hydrogen-bond acceptors (Lipinski definition) is 4. The fourth-order valence-electron chi connectivity index (χ4n) is 1.44. The quantitative estimate of drug-likeness (QED) is 0.653. The number of carbonyl (C=O) groups excluding carboxylic acids is 1. The molecule has 0 radical (unpaired) electrons. The highest BCUT2D eigenvalue weighted by Crippen LogP contribution is 2.10. The number of carbonyl (C=O) groups is 1. The Morgan fingerprint density at radius 1 is 1.44 bits per heavy atom. The third-order valence-corrected chi connectivity index (χ3v) is 2.21. The molecule has 1 aromatic rings. The van der Waals surface area contributed by atoms with E-state index in [9.17, 15) is 4.79 Å². The molecule has 0 aliphatic rings. The lowest BCUT2D eigenvalue weighted by atomic mass is 10.1. The molecule has 0 aromatic heterocycles. The van der Waals surface area contributed by atoms with Crippen LogP contribution >= 0.6 is 0 Å². The Morgan fingerprint density at radius 2 is 2.06 bits per heavy atom. The van der Waals surface area contributed by atoms with Gasteiger partial charge in [-0.3, -0.25) is 4.79 Å². The van der Waals surface area contributed by atoms with Gasteiger partial charge in [-0.05, 0) is 31.0 Å². The van der Waals surface area contributed by atoms with Crippen LogP contribution in [0.3, 0.4) is 0 Å². The summed E-state index contributed by atoms with van der Waals surface area (Å²) in [5, 5.41) is 12.1. The van der Waals surface area contributed by atoms with E-state index >= 15 is 0 Å². The van der Waals surface area contributed by atoms with E-state index in [1.807, 2.05) is 12.1 Å². The van der Waals surface area contributed by atoms with Crippen molar-refractivity contribution in [3.8, 4) is 5.75 Å². The fourth-order valence-corrected chi connectivity index (χ4v) is 1.44. The molecule has 0 heterocycles.